The molecule has 1 aliphatic heterocycles. The molecule has 0 spiro atoms. The molecule has 0 bridgehead atoms. The highest BCUT2D eigenvalue weighted by Crippen LogP contribution is 2.34. The Kier molecular flexibility index (Phi) is 8.33. The number of amides is 1. The number of ether oxygens (including phenoxy) is 1. The van der Waals surface area contributed by atoms with Crippen molar-refractivity contribution in [3.8, 4) is 5.75 Å². The zero-order valence-electron chi connectivity index (χ0n) is 16.0. The monoisotopic (exact) mass is 428 g/mol. The van der Waals surface area contributed by atoms with Gasteiger partial charge in [0.15, 0.2) is 6.61 Å². The van der Waals surface area contributed by atoms with Gasteiger partial charge in [0.1, 0.15) is 10.8 Å². The molecule has 1 saturated heterocycles. The fourth-order valence-electron chi connectivity index (χ4n) is 2.78. The highest BCUT2D eigenvalue weighted by atomic mass is 32.2. The minimum atomic E-state index is -4.52. The van der Waals surface area contributed by atoms with Crippen molar-refractivity contribution in [2.75, 3.05) is 26.7 Å². The number of likely N-dealkylation sites (tertiary alicyclic amines) is 1. The lowest BCUT2D eigenvalue weighted by molar-refractivity contribution is -0.132. The van der Waals surface area contributed by atoms with Gasteiger partial charge in [0.05, 0.1) is 12.2 Å². The van der Waals surface area contributed by atoms with Crippen LogP contribution in [0.15, 0.2) is 53.6 Å². The Morgan fingerprint density at radius 1 is 1.41 bits per heavy atom. The van der Waals surface area contributed by atoms with Crippen molar-refractivity contribution < 1.29 is 27.8 Å². The number of thioether (sulfide) groups is 1. The van der Waals surface area contributed by atoms with E-state index in [0.29, 0.717) is 25.3 Å². The lowest BCUT2D eigenvalue weighted by Crippen LogP contribution is -2.33. The zero-order chi connectivity index (χ0) is 21.4. The molecule has 1 amide bonds. The number of allylic oxidation sites excluding steroid dienone is 2. The van der Waals surface area contributed by atoms with Gasteiger partial charge in [-0.05, 0) is 30.2 Å². The molecule has 1 aromatic carbocycles. The molecule has 9 heteroatoms. The smallest absolute Gasteiger partial charge is 0.418 e. The molecule has 1 N–H and O–H groups in total. The third-order valence-corrected chi connectivity index (χ3v) is 5.61. The molecule has 0 aromatic heterocycles. The summed E-state index contributed by atoms with van der Waals surface area (Å²) in [5, 5.41) is 8.72. The van der Waals surface area contributed by atoms with E-state index >= 15 is 0 Å². The van der Waals surface area contributed by atoms with E-state index in [4.69, 9.17) is 9.84 Å². The number of aliphatic hydroxyl groups is 1. The minimum Gasteiger partial charge on any atom is -0.484 e. The number of aliphatic imine (C=N–C) groups is 1. The largest absolute Gasteiger partial charge is 0.484 e. The summed E-state index contributed by atoms with van der Waals surface area (Å²) in [5.74, 6) is 0.275. The second kappa shape index (κ2) is 10.5. The van der Waals surface area contributed by atoms with Crippen molar-refractivity contribution in [1.82, 2.24) is 4.90 Å². The Morgan fingerprint density at radius 3 is 2.66 bits per heavy atom. The second-order valence-electron chi connectivity index (χ2n) is 6.30. The number of benzene rings is 1. The zero-order valence-corrected chi connectivity index (χ0v) is 16.8. The molecule has 5 nitrogen and oxygen atoms in total. The number of carbonyl (C=O) groups excluding carboxylic acids is 1. The van der Waals surface area contributed by atoms with E-state index in [2.05, 4.69) is 11.6 Å². The van der Waals surface area contributed by atoms with Crippen LogP contribution in [0, 0.1) is 0 Å². The third kappa shape index (κ3) is 6.64. The van der Waals surface area contributed by atoms with E-state index in [0.717, 1.165) is 29.5 Å². The molecular formula is C20H23F3N2O3S. The molecule has 1 heterocycles. The average Bonchev–Trinajstić information content (AvgIpc) is 3.17. The van der Waals surface area contributed by atoms with E-state index in [1.54, 1.807) is 29.2 Å². The fraction of sp³-hybridized carbons (Fsp3) is 0.400. The molecule has 1 aromatic rings. The lowest BCUT2D eigenvalue weighted by Gasteiger charge is -2.18. The van der Waals surface area contributed by atoms with Crippen LogP contribution in [0.2, 0.25) is 0 Å². The molecule has 0 saturated carbocycles. The van der Waals surface area contributed by atoms with Crippen LogP contribution in [0.3, 0.4) is 0 Å². The maximum Gasteiger partial charge on any atom is 0.418 e. The van der Waals surface area contributed by atoms with Gasteiger partial charge in [-0.3, -0.25) is 9.79 Å². The third-order valence-electron chi connectivity index (χ3n) is 4.27. The first kappa shape index (κ1) is 23.0. The number of rotatable bonds is 7. The van der Waals surface area contributed by atoms with Gasteiger partial charge in [-0.1, -0.05) is 24.8 Å². The lowest BCUT2D eigenvalue weighted by atomic mass is 10.2. The Bertz CT molecular complexity index is 776. The van der Waals surface area contributed by atoms with Crippen molar-refractivity contribution in [3.05, 3.63) is 54.1 Å². The van der Waals surface area contributed by atoms with E-state index < -0.39 is 11.7 Å². The highest BCUT2D eigenvalue weighted by Gasteiger charge is 2.38. The van der Waals surface area contributed by atoms with Crippen LogP contribution in [0.5, 0.6) is 5.75 Å². The van der Waals surface area contributed by atoms with Crippen LogP contribution in [0.1, 0.15) is 12.0 Å². The van der Waals surface area contributed by atoms with E-state index in [9.17, 15) is 18.0 Å². The minimum absolute atomic E-state index is 0.0763. The van der Waals surface area contributed by atoms with Crippen LogP contribution in [-0.4, -0.2) is 59.1 Å². The number of alkyl halides is 3. The van der Waals surface area contributed by atoms with Crippen LogP contribution >= 0.6 is 11.8 Å². The average molecular weight is 428 g/mol. The Balaban J connectivity index is 1.90. The molecular weight excluding hydrogens is 405 g/mol. The Hall–Kier alpha value is -2.26. The molecule has 29 heavy (non-hydrogen) atoms. The number of hydrogen-bond acceptors (Lipinski definition) is 5. The summed E-state index contributed by atoms with van der Waals surface area (Å²) >= 11 is 1.02. The molecule has 0 aliphatic carbocycles. The fourth-order valence-corrected chi connectivity index (χ4v) is 3.99. The first-order chi connectivity index (χ1) is 13.8. The van der Waals surface area contributed by atoms with Gasteiger partial charge in [0, 0.05) is 25.4 Å². The van der Waals surface area contributed by atoms with E-state index in [1.165, 1.54) is 7.05 Å². The Morgan fingerprint density at radius 2 is 2.10 bits per heavy atom. The predicted molar refractivity (Wildman–Crippen MR) is 108 cm³/mol. The number of nitrogens with zero attached hydrogens (tertiary/aromatic N) is 2. The first-order valence-electron chi connectivity index (χ1n) is 8.92. The van der Waals surface area contributed by atoms with E-state index in [-0.39, 0.29) is 29.4 Å². The topological polar surface area (TPSA) is 62.1 Å². The van der Waals surface area contributed by atoms with Crippen LogP contribution in [0.4, 0.5) is 13.2 Å². The molecule has 1 aliphatic rings. The van der Waals surface area contributed by atoms with Gasteiger partial charge in [0.25, 0.3) is 5.91 Å². The van der Waals surface area contributed by atoms with Crippen LogP contribution < -0.4 is 4.74 Å². The summed E-state index contributed by atoms with van der Waals surface area (Å²) in [6.07, 6.45) is -1.96. The number of hydrogen-bond donors (Lipinski definition) is 1. The van der Waals surface area contributed by atoms with Crippen molar-refractivity contribution >= 4 is 22.7 Å². The van der Waals surface area contributed by atoms with Gasteiger partial charge in [-0.25, -0.2) is 0 Å². The quantitative estimate of drug-likeness (QED) is 0.410. The standard InChI is InChI=1S/C20H23F3N2O3S/c1-3-4-17(20(21,22)23)19(24-2)29-16-9-10-25(11-16)18(27)13-28-15-7-5-14(12-26)6-8-15/h3-8,16,26H,1,9-13H2,2H3/b17-4+,24-19?. The number of halogens is 3. The first-order valence-corrected chi connectivity index (χ1v) is 9.80. The normalized spacial score (nSPS) is 18.1. The SMILES string of the molecule is C=C/C=C(\C(=NC)SC1CCN(C(=O)COc2ccc(CO)cc2)C1)C(F)(F)F. The molecule has 158 valence electrons. The van der Waals surface area contributed by atoms with Gasteiger partial charge in [0.2, 0.25) is 0 Å². The summed E-state index contributed by atoms with van der Waals surface area (Å²) in [4.78, 5) is 17.7. The number of carbonyl (C=O) groups is 1. The van der Waals surface area contributed by atoms with Crippen molar-refractivity contribution in [2.45, 2.75) is 24.5 Å². The van der Waals surface area contributed by atoms with Crippen molar-refractivity contribution in [1.29, 1.82) is 0 Å². The van der Waals surface area contributed by atoms with Gasteiger partial charge in [-0.15, -0.1) is 11.8 Å². The molecule has 0 radical (unpaired) electrons. The summed E-state index contributed by atoms with van der Waals surface area (Å²) in [6, 6.07) is 6.72. The van der Waals surface area contributed by atoms with Gasteiger partial charge >= 0.3 is 6.18 Å². The van der Waals surface area contributed by atoms with Crippen molar-refractivity contribution in [3.63, 3.8) is 0 Å². The second-order valence-corrected chi connectivity index (χ2v) is 7.59. The summed E-state index contributed by atoms with van der Waals surface area (Å²) < 4.78 is 45.1. The highest BCUT2D eigenvalue weighted by molar-refractivity contribution is 8.15. The van der Waals surface area contributed by atoms with E-state index in [1.807, 2.05) is 0 Å². The van der Waals surface area contributed by atoms with Crippen LogP contribution in [-0.2, 0) is 11.4 Å². The van der Waals surface area contributed by atoms with Gasteiger partial charge < -0.3 is 14.7 Å². The Labute approximate surface area is 171 Å². The maximum absolute atomic E-state index is 13.2. The summed E-state index contributed by atoms with van der Waals surface area (Å²) in [5.41, 5.74) is -0.0976. The molecule has 1 fully saturated rings. The number of aliphatic hydroxyl groups excluding tert-OH is 1. The molecule has 1 unspecified atom stereocenters. The maximum atomic E-state index is 13.2. The molecule has 2 rings (SSSR count). The van der Waals surface area contributed by atoms with Crippen molar-refractivity contribution in [2.24, 2.45) is 4.99 Å². The summed E-state index contributed by atoms with van der Waals surface area (Å²) in [6.45, 7) is 3.88. The van der Waals surface area contributed by atoms with Gasteiger partial charge in [-0.2, -0.15) is 13.2 Å². The molecule has 1 atom stereocenters. The van der Waals surface area contributed by atoms with Crippen LogP contribution in [0.25, 0.3) is 0 Å². The predicted octanol–water partition coefficient (Wildman–Crippen LogP) is 3.59. The summed E-state index contributed by atoms with van der Waals surface area (Å²) in [7, 11) is 1.32.